The number of aromatic nitrogens is 2. The van der Waals surface area contributed by atoms with Crippen LogP contribution in [0.5, 0.6) is 0 Å². The fourth-order valence-electron chi connectivity index (χ4n) is 4.47. The Morgan fingerprint density at radius 1 is 1.24 bits per heavy atom. The third kappa shape index (κ3) is 6.07. The largest absolute Gasteiger partial charge is 0.444 e. The molecule has 1 N–H and O–H groups in total. The van der Waals surface area contributed by atoms with Crippen LogP contribution in [0.3, 0.4) is 0 Å². The van der Waals surface area contributed by atoms with Crippen molar-refractivity contribution in [2.75, 3.05) is 6.61 Å². The van der Waals surface area contributed by atoms with Crippen molar-refractivity contribution in [3.05, 3.63) is 52.9 Å². The molecule has 3 atom stereocenters. The van der Waals surface area contributed by atoms with Crippen LogP contribution in [0.25, 0.3) is 0 Å². The quantitative estimate of drug-likeness (QED) is 0.574. The second kappa shape index (κ2) is 10.2. The maximum atomic E-state index is 14.6. The van der Waals surface area contributed by atoms with Crippen molar-refractivity contribution in [2.45, 2.75) is 88.3 Å². The van der Waals surface area contributed by atoms with E-state index in [9.17, 15) is 22.0 Å². The van der Waals surface area contributed by atoms with Gasteiger partial charge in [0.1, 0.15) is 23.3 Å². The average molecular weight is 539 g/mol. The Kier molecular flexibility index (Phi) is 7.55. The highest BCUT2D eigenvalue weighted by Crippen LogP contribution is 2.35. The van der Waals surface area contributed by atoms with Crippen molar-refractivity contribution >= 4 is 15.9 Å². The Hall–Kier alpha value is -2.70. The lowest BCUT2D eigenvalue weighted by molar-refractivity contribution is -0.0628. The SMILES string of the molecule is CC(C)S(=O)(=O)c1ncc2c(n1)CN([C@H]1CO[C@H](c3cc(F)ccc3F)[C@@H](NC(=O)OC(C)(C)C)C1)C2. The first kappa shape index (κ1) is 27.3. The van der Waals surface area contributed by atoms with E-state index >= 15 is 0 Å². The van der Waals surface area contributed by atoms with E-state index in [2.05, 4.69) is 15.3 Å². The topological polar surface area (TPSA) is 111 Å². The highest BCUT2D eigenvalue weighted by molar-refractivity contribution is 7.91. The van der Waals surface area contributed by atoms with Gasteiger partial charge in [0.15, 0.2) is 0 Å². The summed E-state index contributed by atoms with van der Waals surface area (Å²) in [4.78, 5) is 23.0. The minimum absolute atomic E-state index is 0.0126. The molecule has 1 aromatic carbocycles. The van der Waals surface area contributed by atoms with Crippen LogP contribution in [0.15, 0.2) is 29.6 Å². The first-order valence-corrected chi connectivity index (χ1v) is 13.7. The van der Waals surface area contributed by atoms with E-state index in [0.29, 0.717) is 25.2 Å². The first-order valence-electron chi connectivity index (χ1n) is 12.1. The predicted octanol–water partition coefficient (Wildman–Crippen LogP) is 3.68. The number of benzene rings is 1. The molecule has 1 fully saturated rings. The van der Waals surface area contributed by atoms with Crippen molar-refractivity contribution in [2.24, 2.45) is 0 Å². The molecule has 3 heterocycles. The normalized spacial score (nSPS) is 22.6. The number of nitrogens with zero attached hydrogens (tertiary/aromatic N) is 3. The van der Waals surface area contributed by atoms with E-state index < -0.39 is 50.6 Å². The van der Waals surface area contributed by atoms with Gasteiger partial charge in [-0.1, -0.05) is 0 Å². The van der Waals surface area contributed by atoms with Crippen molar-refractivity contribution in [3.63, 3.8) is 0 Å². The summed E-state index contributed by atoms with van der Waals surface area (Å²) < 4.78 is 65.0. The van der Waals surface area contributed by atoms with Crippen molar-refractivity contribution in [3.8, 4) is 0 Å². The van der Waals surface area contributed by atoms with Gasteiger partial charge in [0, 0.05) is 36.5 Å². The minimum atomic E-state index is -3.62. The summed E-state index contributed by atoms with van der Waals surface area (Å²) in [6.07, 6.45) is 0.274. The van der Waals surface area contributed by atoms with Gasteiger partial charge in [0.25, 0.3) is 0 Å². The van der Waals surface area contributed by atoms with E-state index in [4.69, 9.17) is 9.47 Å². The molecule has 12 heteroatoms. The first-order chi connectivity index (χ1) is 17.2. The monoisotopic (exact) mass is 538 g/mol. The smallest absolute Gasteiger partial charge is 0.407 e. The number of halogens is 2. The zero-order valence-electron chi connectivity index (χ0n) is 21.5. The number of fused-ring (bicyclic) bond motifs is 1. The molecular weight excluding hydrogens is 506 g/mol. The van der Waals surface area contributed by atoms with Gasteiger partial charge in [-0.05, 0) is 59.2 Å². The zero-order valence-corrected chi connectivity index (χ0v) is 22.3. The molecule has 2 aromatic rings. The summed E-state index contributed by atoms with van der Waals surface area (Å²) in [6, 6.07) is 2.20. The molecule has 1 amide bonds. The number of sulfone groups is 1. The second-order valence-electron chi connectivity index (χ2n) is 10.7. The molecule has 2 aliphatic rings. The van der Waals surface area contributed by atoms with Crippen LogP contribution in [0, 0.1) is 11.6 Å². The summed E-state index contributed by atoms with van der Waals surface area (Å²) >= 11 is 0. The Balaban J connectivity index is 1.55. The van der Waals surface area contributed by atoms with Crippen LogP contribution in [0.2, 0.25) is 0 Å². The number of hydrogen-bond acceptors (Lipinski definition) is 8. The number of nitrogens with one attached hydrogen (secondary N) is 1. The molecule has 0 aliphatic carbocycles. The Bertz CT molecular complexity index is 1280. The summed E-state index contributed by atoms with van der Waals surface area (Å²) in [5, 5.41) is 1.93. The van der Waals surface area contributed by atoms with Crippen molar-refractivity contribution in [1.82, 2.24) is 20.2 Å². The molecule has 37 heavy (non-hydrogen) atoms. The number of amides is 1. The lowest BCUT2D eigenvalue weighted by Crippen LogP contribution is -2.52. The number of ether oxygens (including phenoxy) is 2. The molecule has 0 bridgehead atoms. The number of carbonyl (C=O) groups excluding carboxylic acids is 1. The average Bonchev–Trinajstić information content (AvgIpc) is 3.23. The standard InChI is InChI=1S/C25H32F2N4O5S/c1-14(2)37(33,34)23-28-10-15-11-31(12-21(15)29-23)17-9-20(30-24(32)36-25(3,4)5)22(35-13-17)18-8-16(26)6-7-19(18)27/h6-8,10,14,17,20,22H,9,11-13H2,1-5H3,(H,30,32)/t17-,20+,22-/m1/s1. The fourth-order valence-corrected chi connectivity index (χ4v) is 5.33. The molecule has 1 aromatic heterocycles. The van der Waals surface area contributed by atoms with Gasteiger partial charge in [-0.3, -0.25) is 4.90 Å². The van der Waals surface area contributed by atoms with E-state index in [1.54, 1.807) is 34.6 Å². The van der Waals surface area contributed by atoms with Gasteiger partial charge >= 0.3 is 6.09 Å². The molecule has 9 nitrogen and oxygen atoms in total. The maximum absolute atomic E-state index is 14.6. The molecule has 4 rings (SSSR count). The van der Waals surface area contributed by atoms with E-state index in [-0.39, 0.29) is 23.4 Å². The lowest BCUT2D eigenvalue weighted by Gasteiger charge is -2.40. The second-order valence-corrected chi connectivity index (χ2v) is 13.1. The van der Waals surface area contributed by atoms with E-state index in [1.807, 2.05) is 4.90 Å². The van der Waals surface area contributed by atoms with Crippen LogP contribution >= 0.6 is 0 Å². The predicted molar refractivity (Wildman–Crippen MR) is 130 cm³/mol. The zero-order chi connectivity index (χ0) is 27.1. The van der Waals surface area contributed by atoms with Crippen molar-refractivity contribution < 1.29 is 31.5 Å². The molecule has 0 unspecified atom stereocenters. The van der Waals surface area contributed by atoms with Crippen LogP contribution in [0.1, 0.15) is 64.0 Å². The van der Waals surface area contributed by atoms with Crippen LogP contribution in [-0.2, 0) is 32.4 Å². The Labute approximate surface area is 215 Å². The van der Waals surface area contributed by atoms with Gasteiger partial charge in [0.05, 0.1) is 23.6 Å². The van der Waals surface area contributed by atoms with Crippen LogP contribution < -0.4 is 5.32 Å². The van der Waals surface area contributed by atoms with Gasteiger partial charge in [-0.15, -0.1) is 0 Å². The fraction of sp³-hybridized carbons (Fsp3) is 0.560. The minimum Gasteiger partial charge on any atom is -0.444 e. The molecule has 202 valence electrons. The maximum Gasteiger partial charge on any atom is 0.407 e. The third-order valence-corrected chi connectivity index (χ3v) is 8.32. The Morgan fingerprint density at radius 3 is 2.65 bits per heavy atom. The van der Waals surface area contributed by atoms with Gasteiger partial charge in [-0.25, -0.2) is 32.0 Å². The van der Waals surface area contributed by atoms with E-state index in [0.717, 1.165) is 23.8 Å². The molecule has 2 aliphatic heterocycles. The molecule has 0 radical (unpaired) electrons. The van der Waals surface area contributed by atoms with Gasteiger partial charge < -0.3 is 14.8 Å². The molecule has 1 saturated heterocycles. The number of alkyl carbamates (subject to hydrolysis) is 1. The summed E-state index contributed by atoms with van der Waals surface area (Å²) in [5.41, 5.74) is 0.683. The van der Waals surface area contributed by atoms with Gasteiger partial charge in [-0.2, -0.15) is 0 Å². The number of carbonyl (C=O) groups is 1. The van der Waals surface area contributed by atoms with E-state index in [1.165, 1.54) is 6.20 Å². The number of rotatable bonds is 5. The van der Waals surface area contributed by atoms with Crippen LogP contribution in [0.4, 0.5) is 13.6 Å². The molecule has 0 spiro atoms. The molecular formula is C25H32F2N4O5S. The van der Waals surface area contributed by atoms with Crippen LogP contribution in [-0.4, -0.2) is 58.9 Å². The lowest BCUT2D eigenvalue weighted by atomic mass is 9.92. The van der Waals surface area contributed by atoms with Gasteiger partial charge in [0.2, 0.25) is 15.0 Å². The number of hydrogen-bond donors (Lipinski definition) is 1. The highest BCUT2D eigenvalue weighted by Gasteiger charge is 2.40. The highest BCUT2D eigenvalue weighted by atomic mass is 32.2. The van der Waals surface area contributed by atoms with Crippen molar-refractivity contribution in [1.29, 1.82) is 0 Å². The molecule has 0 saturated carbocycles. The Morgan fingerprint density at radius 2 is 1.97 bits per heavy atom. The summed E-state index contributed by atoms with van der Waals surface area (Å²) in [5.74, 6) is -1.25. The summed E-state index contributed by atoms with van der Waals surface area (Å²) in [7, 11) is -3.62. The summed E-state index contributed by atoms with van der Waals surface area (Å²) in [6.45, 7) is 9.35. The third-order valence-electron chi connectivity index (χ3n) is 6.38.